The number of benzene rings is 2. The van der Waals surface area contributed by atoms with E-state index in [1.807, 2.05) is 0 Å². The van der Waals surface area contributed by atoms with Crippen molar-refractivity contribution in [3.05, 3.63) is 69.3 Å². The second kappa shape index (κ2) is 6.30. The van der Waals surface area contributed by atoms with E-state index >= 15 is 0 Å². The van der Waals surface area contributed by atoms with Crippen LogP contribution in [-0.4, -0.2) is 4.92 Å². The molecule has 2 aromatic rings. The van der Waals surface area contributed by atoms with Gasteiger partial charge in [0.05, 0.1) is 4.92 Å². The quantitative estimate of drug-likeness (QED) is 0.654. The number of aryl methyl sites for hydroxylation is 1. The van der Waals surface area contributed by atoms with E-state index in [2.05, 4.69) is 5.32 Å². The van der Waals surface area contributed by atoms with Crippen LogP contribution in [0.2, 0.25) is 0 Å². The van der Waals surface area contributed by atoms with Crippen molar-refractivity contribution >= 4 is 11.4 Å². The number of nitrogens with zero attached hydrogens (tertiary/aromatic N) is 1. The molecule has 4 nitrogen and oxygen atoms in total. The SMILES string of the molecule is Cc1cc(NCc2cccc(C(F)F)c2)ccc1[N+](=O)[O-]. The van der Waals surface area contributed by atoms with Gasteiger partial charge in [0.1, 0.15) is 0 Å². The molecule has 0 saturated carbocycles. The summed E-state index contributed by atoms with van der Waals surface area (Å²) in [6.07, 6.45) is -2.49. The van der Waals surface area contributed by atoms with Crippen LogP contribution >= 0.6 is 0 Å². The highest BCUT2D eigenvalue weighted by Crippen LogP contribution is 2.23. The molecular weight excluding hydrogens is 278 g/mol. The molecule has 0 aromatic heterocycles. The Bertz CT molecular complexity index is 660. The number of nitro benzene ring substituents is 1. The van der Waals surface area contributed by atoms with Crippen LogP contribution < -0.4 is 5.32 Å². The third kappa shape index (κ3) is 3.75. The molecular formula is C15H14F2N2O2. The van der Waals surface area contributed by atoms with Gasteiger partial charge in [-0.2, -0.15) is 0 Å². The van der Waals surface area contributed by atoms with Crippen LogP contribution in [-0.2, 0) is 6.54 Å². The second-order valence-corrected chi connectivity index (χ2v) is 4.66. The lowest BCUT2D eigenvalue weighted by molar-refractivity contribution is -0.385. The summed E-state index contributed by atoms with van der Waals surface area (Å²) in [5.74, 6) is 0. The molecule has 2 rings (SSSR count). The number of hydrogen-bond donors (Lipinski definition) is 1. The van der Waals surface area contributed by atoms with Crippen molar-refractivity contribution in [1.29, 1.82) is 0 Å². The molecule has 0 heterocycles. The van der Waals surface area contributed by atoms with Crippen molar-refractivity contribution in [2.24, 2.45) is 0 Å². The number of anilines is 1. The first kappa shape index (κ1) is 14.9. The van der Waals surface area contributed by atoms with Crippen molar-refractivity contribution in [1.82, 2.24) is 0 Å². The Balaban J connectivity index is 2.08. The van der Waals surface area contributed by atoms with Gasteiger partial charge in [-0.1, -0.05) is 18.2 Å². The summed E-state index contributed by atoms with van der Waals surface area (Å²) in [4.78, 5) is 10.3. The van der Waals surface area contributed by atoms with Gasteiger partial charge in [0.2, 0.25) is 0 Å². The minimum Gasteiger partial charge on any atom is -0.381 e. The lowest BCUT2D eigenvalue weighted by Gasteiger charge is -2.09. The number of nitrogens with one attached hydrogen (secondary N) is 1. The third-order valence-corrected chi connectivity index (χ3v) is 3.09. The topological polar surface area (TPSA) is 55.2 Å². The highest BCUT2D eigenvalue weighted by atomic mass is 19.3. The zero-order valence-corrected chi connectivity index (χ0v) is 11.3. The number of rotatable bonds is 5. The maximum atomic E-state index is 12.6. The fourth-order valence-corrected chi connectivity index (χ4v) is 2.01. The summed E-state index contributed by atoms with van der Waals surface area (Å²) >= 11 is 0. The monoisotopic (exact) mass is 292 g/mol. The third-order valence-electron chi connectivity index (χ3n) is 3.09. The van der Waals surface area contributed by atoms with Gasteiger partial charge in [0, 0.05) is 29.4 Å². The Morgan fingerprint density at radius 3 is 2.62 bits per heavy atom. The summed E-state index contributed by atoms with van der Waals surface area (Å²) in [5, 5.41) is 13.8. The molecule has 0 unspecified atom stereocenters. The summed E-state index contributed by atoms with van der Waals surface area (Å²) in [5.41, 5.74) is 2.02. The van der Waals surface area contributed by atoms with Crippen LogP contribution in [0.25, 0.3) is 0 Å². The molecule has 0 aliphatic carbocycles. The van der Waals surface area contributed by atoms with Crippen LogP contribution in [0.5, 0.6) is 0 Å². The van der Waals surface area contributed by atoms with Crippen molar-refractivity contribution in [2.45, 2.75) is 19.9 Å². The Hall–Kier alpha value is -2.50. The van der Waals surface area contributed by atoms with Gasteiger partial charge in [-0.15, -0.1) is 0 Å². The van der Waals surface area contributed by atoms with E-state index in [-0.39, 0.29) is 11.3 Å². The molecule has 0 spiro atoms. The normalized spacial score (nSPS) is 10.7. The van der Waals surface area contributed by atoms with Crippen molar-refractivity contribution in [2.75, 3.05) is 5.32 Å². The minimum absolute atomic E-state index is 0.0193. The summed E-state index contributed by atoms with van der Waals surface area (Å²) in [6.45, 7) is 2.03. The number of nitro groups is 1. The van der Waals surface area contributed by atoms with E-state index < -0.39 is 11.3 Å². The van der Waals surface area contributed by atoms with E-state index in [0.29, 0.717) is 17.8 Å². The van der Waals surface area contributed by atoms with Gasteiger partial charge in [0.15, 0.2) is 0 Å². The lowest BCUT2D eigenvalue weighted by Crippen LogP contribution is -2.01. The zero-order chi connectivity index (χ0) is 15.4. The second-order valence-electron chi connectivity index (χ2n) is 4.66. The molecule has 0 bridgehead atoms. The Morgan fingerprint density at radius 2 is 2.00 bits per heavy atom. The highest BCUT2D eigenvalue weighted by Gasteiger charge is 2.10. The Kier molecular flexibility index (Phi) is 4.47. The van der Waals surface area contributed by atoms with Gasteiger partial charge >= 0.3 is 0 Å². The molecule has 0 amide bonds. The van der Waals surface area contributed by atoms with Crippen LogP contribution in [0.4, 0.5) is 20.2 Å². The molecule has 0 atom stereocenters. The molecule has 0 aliphatic heterocycles. The maximum absolute atomic E-state index is 12.6. The predicted molar refractivity (Wildman–Crippen MR) is 76.6 cm³/mol. The Labute approximate surface area is 120 Å². The fourth-order valence-electron chi connectivity index (χ4n) is 2.01. The molecule has 1 N–H and O–H groups in total. The average molecular weight is 292 g/mol. The van der Waals surface area contributed by atoms with Crippen molar-refractivity contribution in [3.63, 3.8) is 0 Å². The summed E-state index contributed by atoms with van der Waals surface area (Å²) in [7, 11) is 0. The average Bonchev–Trinajstić information content (AvgIpc) is 2.45. The standard InChI is InChI=1S/C15H14F2N2O2/c1-10-7-13(5-6-14(10)19(20)21)18-9-11-3-2-4-12(8-11)15(16)17/h2-8,15,18H,9H2,1H3. The van der Waals surface area contributed by atoms with E-state index in [1.165, 1.54) is 18.2 Å². The van der Waals surface area contributed by atoms with E-state index in [0.717, 1.165) is 5.56 Å². The summed E-state index contributed by atoms with van der Waals surface area (Å²) in [6, 6.07) is 10.8. The largest absolute Gasteiger partial charge is 0.381 e. The molecule has 0 radical (unpaired) electrons. The molecule has 0 saturated heterocycles. The first-order valence-corrected chi connectivity index (χ1v) is 6.33. The van der Waals surface area contributed by atoms with E-state index in [4.69, 9.17) is 0 Å². The van der Waals surface area contributed by atoms with Crippen LogP contribution in [0.15, 0.2) is 42.5 Å². The molecule has 21 heavy (non-hydrogen) atoms. The molecule has 0 fully saturated rings. The molecule has 110 valence electrons. The maximum Gasteiger partial charge on any atom is 0.272 e. The van der Waals surface area contributed by atoms with Gasteiger partial charge < -0.3 is 5.32 Å². The van der Waals surface area contributed by atoms with Crippen LogP contribution in [0, 0.1) is 17.0 Å². The first-order valence-electron chi connectivity index (χ1n) is 6.33. The summed E-state index contributed by atoms with van der Waals surface area (Å²) < 4.78 is 25.2. The van der Waals surface area contributed by atoms with Crippen LogP contribution in [0.3, 0.4) is 0 Å². The van der Waals surface area contributed by atoms with Crippen LogP contribution in [0.1, 0.15) is 23.1 Å². The zero-order valence-electron chi connectivity index (χ0n) is 11.3. The van der Waals surface area contributed by atoms with E-state index in [1.54, 1.807) is 31.2 Å². The first-order chi connectivity index (χ1) is 9.97. The predicted octanol–water partition coefficient (Wildman–Crippen LogP) is 4.45. The highest BCUT2D eigenvalue weighted by molar-refractivity contribution is 5.53. The van der Waals surface area contributed by atoms with Crippen molar-refractivity contribution < 1.29 is 13.7 Å². The molecule has 0 aliphatic rings. The fraction of sp³-hybridized carbons (Fsp3) is 0.200. The van der Waals surface area contributed by atoms with Crippen molar-refractivity contribution in [3.8, 4) is 0 Å². The number of halogens is 2. The van der Waals surface area contributed by atoms with Gasteiger partial charge in [0.25, 0.3) is 12.1 Å². The molecule has 6 heteroatoms. The smallest absolute Gasteiger partial charge is 0.272 e. The molecule has 2 aromatic carbocycles. The van der Waals surface area contributed by atoms with E-state index in [9.17, 15) is 18.9 Å². The number of hydrogen-bond acceptors (Lipinski definition) is 3. The number of alkyl halides is 2. The van der Waals surface area contributed by atoms with Gasteiger partial charge in [-0.3, -0.25) is 10.1 Å². The lowest BCUT2D eigenvalue weighted by atomic mass is 10.1. The Morgan fingerprint density at radius 1 is 1.24 bits per heavy atom. The minimum atomic E-state index is -2.49. The van der Waals surface area contributed by atoms with Gasteiger partial charge in [-0.05, 0) is 30.7 Å². The van der Waals surface area contributed by atoms with Gasteiger partial charge in [-0.25, -0.2) is 8.78 Å².